The summed E-state index contributed by atoms with van der Waals surface area (Å²) in [4.78, 5) is 0. The lowest BCUT2D eigenvalue weighted by atomic mass is 10.1. The molecule has 4 heteroatoms. The molecule has 1 aromatic rings. The van der Waals surface area contributed by atoms with E-state index >= 15 is 0 Å². The number of benzene rings is 1. The van der Waals surface area contributed by atoms with Gasteiger partial charge in [0.25, 0.3) is 0 Å². The quantitative estimate of drug-likeness (QED) is 0.799. The van der Waals surface area contributed by atoms with Crippen LogP contribution in [0.2, 0.25) is 5.02 Å². The van der Waals surface area contributed by atoms with Gasteiger partial charge in [-0.05, 0) is 31.0 Å². The van der Waals surface area contributed by atoms with E-state index in [0.29, 0.717) is 11.6 Å². The molecule has 1 aliphatic rings. The van der Waals surface area contributed by atoms with E-state index in [1.54, 1.807) is 7.11 Å². The molecule has 0 spiro atoms. The standard InChI is InChI=1S/C14H21ClN2O/c1-18-13-4-2-3-11(15)14(13)12(9-16)17-8-7-10-5-6-10/h2-4,10,12,17H,5-9,16H2,1H3. The second kappa shape index (κ2) is 6.41. The molecule has 1 aromatic carbocycles. The summed E-state index contributed by atoms with van der Waals surface area (Å²) in [5.41, 5.74) is 6.83. The molecule has 0 aliphatic heterocycles. The van der Waals surface area contributed by atoms with Gasteiger partial charge >= 0.3 is 0 Å². The van der Waals surface area contributed by atoms with Crippen molar-refractivity contribution >= 4 is 11.6 Å². The lowest BCUT2D eigenvalue weighted by Crippen LogP contribution is -2.29. The van der Waals surface area contributed by atoms with Crippen LogP contribution in [0.3, 0.4) is 0 Å². The minimum absolute atomic E-state index is 0.0624. The molecule has 0 amide bonds. The van der Waals surface area contributed by atoms with Crippen LogP contribution in [0.1, 0.15) is 30.9 Å². The Morgan fingerprint density at radius 3 is 2.89 bits per heavy atom. The highest BCUT2D eigenvalue weighted by molar-refractivity contribution is 6.31. The molecular weight excluding hydrogens is 248 g/mol. The number of methoxy groups -OCH3 is 1. The fraction of sp³-hybridized carbons (Fsp3) is 0.571. The third-order valence-corrected chi connectivity index (χ3v) is 3.79. The van der Waals surface area contributed by atoms with Crippen LogP contribution in [0, 0.1) is 5.92 Å². The molecule has 3 N–H and O–H groups in total. The van der Waals surface area contributed by atoms with Crippen molar-refractivity contribution < 1.29 is 4.74 Å². The van der Waals surface area contributed by atoms with E-state index in [2.05, 4.69) is 5.32 Å². The monoisotopic (exact) mass is 268 g/mol. The lowest BCUT2D eigenvalue weighted by Gasteiger charge is -2.21. The van der Waals surface area contributed by atoms with Crippen molar-refractivity contribution in [2.45, 2.75) is 25.3 Å². The Bertz CT molecular complexity index is 393. The smallest absolute Gasteiger partial charge is 0.125 e. The number of halogens is 1. The van der Waals surface area contributed by atoms with E-state index in [1.807, 2.05) is 18.2 Å². The Kier molecular flexibility index (Phi) is 4.87. The summed E-state index contributed by atoms with van der Waals surface area (Å²) >= 11 is 6.26. The molecule has 18 heavy (non-hydrogen) atoms. The highest BCUT2D eigenvalue weighted by Gasteiger charge is 2.22. The van der Waals surface area contributed by atoms with Gasteiger partial charge in [0.15, 0.2) is 0 Å². The number of nitrogens with one attached hydrogen (secondary N) is 1. The largest absolute Gasteiger partial charge is 0.496 e. The van der Waals surface area contributed by atoms with E-state index < -0.39 is 0 Å². The first-order chi connectivity index (χ1) is 8.76. The fourth-order valence-corrected chi connectivity index (χ4v) is 2.50. The lowest BCUT2D eigenvalue weighted by molar-refractivity contribution is 0.398. The molecule has 0 saturated heterocycles. The second-order valence-corrected chi connectivity index (χ2v) is 5.24. The van der Waals surface area contributed by atoms with Crippen molar-refractivity contribution in [2.75, 3.05) is 20.2 Å². The van der Waals surface area contributed by atoms with Crippen molar-refractivity contribution in [1.82, 2.24) is 5.32 Å². The molecule has 3 nitrogen and oxygen atoms in total. The molecule has 0 bridgehead atoms. The zero-order chi connectivity index (χ0) is 13.0. The van der Waals surface area contributed by atoms with Crippen molar-refractivity contribution in [3.63, 3.8) is 0 Å². The average Bonchev–Trinajstić information content (AvgIpc) is 3.19. The maximum Gasteiger partial charge on any atom is 0.125 e. The third kappa shape index (κ3) is 3.37. The molecule has 1 saturated carbocycles. The van der Waals surface area contributed by atoms with Crippen LogP contribution in [0.4, 0.5) is 0 Å². The molecule has 1 atom stereocenters. The van der Waals surface area contributed by atoms with Crippen LogP contribution >= 0.6 is 11.6 Å². The predicted molar refractivity (Wildman–Crippen MR) is 75.1 cm³/mol. The van der Waals surface area contributed by atoms with Gasteiger partial charge in [-0.25, -0.2) is 0 Å². The summed E-state index contributed by atoms with van der Waals surface area (Å²) in [5, 5.41) is 4.19. The molecule has 0 heterocycles. The van der Waals surface area contributed by atoms with E-state index in [0.717, 1.165) is 23.8 Å². The van der Waals surface area contributed by atoms with Gasteiger partial charge in [-0.1, -0.05) is 30.5 Å². The Hall–Kier alpha value is -0.770. The zero-order valence-electron chi connectivity index (χ0n) is 10.8. The van der Waals surface area contributed by atoms with Gasteiger partial charge in [-0.2, -0.15) is 0 Å². The van der Waals surface area contributed by atoms with Gasteiger partial charge in [0.05, 0.1) is 7.11 Å². The molecule has 0 aromatic heterocycles. The van der Waals surface area contributed by atoms with Crippen molar-refractivity contribution in [2.24, 2.45) is 11.7 Å². The summed E-state index contributed by atoms with van der Waals surface area (Å²) in [5.74, 6) is 1.72. The Labute approximate surface area is 114 Å². The second-order valence-electron chi connectivity index (χ2n) is 4.83. The van der Waals surface area contributed by atoms with Crippen molar-refractivity contribution in [1.29, 1.82) is 0 Å². The summed E-state index contributed by atoms with van der Waals surface area (Å²) in [6, 6.07) is 5.76. The van der Waals surface area contributed by atoms with E-state index in [1.165, 1.54) is 19.3 Å². The van der Waals surface area contributed by atoms with Crippen LogP contribution in [-0.2, 0) is 0 Å². The number of nitrogens with two attached hydrogens (primary N) is 1. The number of ether oxygens (including phenoxy) is 1. The van der Waals surface area contributed by atoms with Crippen molar-refractivity contribution in [3.8, 4) is 5.75 Å². The predicted octanol–water partition coefficient (Wildman–Crippen LogP) is 2.74. The first kappa shape index (κ1) is 13.7. The van der Waals surface area contributed by atoms with E-state index in [-0.39, 0.29) is 6.04 Å². The Balaban J connectivity index is 2.04. The summed E-state index contributed by atoms with van der Waals surface area (Å²) in [6.07, 6.45) is 3.98. The van der Waals surface area contributed by atoms with Crippen LogP contribution in [0.15, 0.2) is 18.2 Å². The van der Waals surface area contributed by atoms with Gasteiger partial charge in [-0.15, -0.1) is 0 Å². The van der Waals surface area contributed by atoms with Gasteiger partial charge in [-0.3, -0.25) is 0 Å². The molecule has 1 fully saturated rings. The summed E-state index contributed by atoms with van der Waals surface area (Å²) in [6.45, 7) is 1.51. The number of rotatable bonds is 7. The SMILES string of the molecule is COc1cccc(Cl)c1C(CN)NCCC1CC1. The minimum Gasteiger partial charge on any atom is -0.496 e. The first-order valence-electron chi connectivity index (χ1n) is 6.52. The first-order valence-corrected chi connectivity index (χ1v) is 6.90. The van der Waals surface area contributed by atoms with Crippen LogP contribution < -0.4 is 15.8 Å². The fourth-order valence-electron chi connectivity index (χ4n) is 2.20. The third-order valence-electron chi connectivity index (χ3n) is 3.46. The highest BCUT2D eigenvalue weighted by Crippen LogP contribution is 2.33. The van der Waals surface area contributed by atoms with E-state index in [4.69, 9.17) is 22.1 Å². The Morgan fingerprint density at radius 1 is 1.50 bits per heavy atom. The Morgan fingerprint density at radius 2 is 2.28 bits per heavy atom. The molecule has 2 rings (SSSR count). The van der Waals surface area contributed by atoms with Gasteiger partial charge in [0.1, 0.15) is 5.75 Å². The van der Waals surface area contributed by atoms with Crippen LogP contribution in [0.25, 0.3) is 0 Å². The van der Waals surface area contributed by atoms with Gasteiger partial charge in [0.2, 0.25) is 0 Å². The molecule has 1 unspecified atom stereocenters. The van der Waals surface area contributed by atoms with Gasteiger partial charge < -0.3 is 15.8 Å². The number of hydrogen-bond acceptors (Lipinski definition) is 3. The molecule has 100 valence electrons. The van der Waals surface area contributed by atoms with Crippen molar-refractivity contribution in [3.05, 3.63) is 28.8 Å². The summed E-state index contributed by atoms with van der Waals surface area (Å²) < 4.78 is 5.37. The minimum atomic E-state index is 0.0624. The number of hydrogen-bond donors (Lipinski definition) is 2. The zero-order valence-corrected chi connectivity index (χ0v) is 11.5. The summed E-state index contributed by atoms with van der Waals surface area (Å²) in [7, 11) is 1.66. The molecule has 0 radical (unpaired) electrons. The van der Waals surface area contributed by atoms with Crippen LogP contribution in [-0.4, -0.2) is 20.2 Å². The van der Waals surface area contributed by atoms with Crippen LogP contribution in [0.5, 0.6) is 5.75 Å². The molecule has 1 aliphatic carbocycles. The normalized spacial score (nSPS) is 16.6. The highest BCUT2D eigenvalue weighted by atomic mass is 35.5. The maximum atomic E-state index is 6.26. The average molecular weight is 269 g/mol. The topological polar surface area (TPSA) is 47.3 Å². The van der Waals surface area contributed by atoms with Gasteiger partial charge in [0, 0.05) is 23.2 Å². The van der Waals surface area contributed by atoms with E-state index in [9.17, 15) is 0 Å². The maximum absolute atomic E-state index is 6.26. The molecular formula is C14H21ClN2O.